The highest BCUT2D eigenvalue weighted by atomic mass is 32.1. The van der Waals surface area contributed by atoms with Crippen LogP contribution in [0.1, 0.15) is 24.5 Å². The van der Waals surface area contributed by atoms with Gasteiger partial charge >= 0.3 is 0 Å². The molecule has 0 radical (unpaired) electrons. The predicted molar refractivity (Wildman–Crippen MR) is 85.2 cm³/mol. The Balaban J connectivity index is 1.74. The fourth-order valence-electron chi connectivity index (χ4n) is 1.89. The summed E-state index contributed by atoms with van der Waals surface area (Å²) in [6.45, 7) is 1.98. The number of rotatable bonds is 6. The van der Waals surface area contributed by atoms with E-state index in [2.05, 4.69) is 16.0 Å². The van der Waals surface area contributed by atoms with E-state index < -0.39 is 0 Å². The molecule has 0 aliphatic rings. The van der Waals surface area contributed by atoms with Crippen LogP contribution in [-0.2, 0) is 22.6 Å². The van der Waals surface area contributed by atoms with Crippen LogP contribution in [0.5, 0.6) is 0 Å². The molecule has 1 aromatic carbocycles. The lowest BCUT2D eigenvalue weighted by molar-refractivity contribution is -0.121. The lowest BCUT2D eigenvalue weighted by Crippen LogP contribution is -2.22. The number of hydrogen-bond donors (Lipinski definition) is 2. The van der Waals surface area contributed by atoms with Crippen molar-refractivity contribution >= 4 is 28.8 Å². The SMILES string of the molecule is CC(=O)Nc1ccc(CNC(=O)CCc2ccsc2)cc1. The van der Waals surface area contributed by atoms with Crippen LogP contribution >= 0.6 is 11.3 Å². The monoisotopic (exact) mass is 302 g/mol. The van der Waals surface area contributed by atoms with E-state index in [-0.39, 0.29) is 11.8 Å². The third-order valence-corrected chi connectivity index (χ3v) is 3.72. The second kappa shape index (κ2) is 7.59. The Morgan fingerprint density at radius 3 is 2.48 bits per heavy atom. The van der Waals surface area contributed by atoms with E-state index in [9.17, 15) is 9.59 Å². The fourth-order valence-corrected chi connectivity index (χ4v) is 2.59. The highest BCUT2D eigenvalue weighted by molar-refractivity contribution is 7.07. The molecule has 0 unspecified atom stereocenters. The number of carbonyl (C=O) groups excluding carboxylic acids is 2. The molecule has 0 bridgehead atoms. The quantitative estimate of drug-likeness (QED) is 0.862. The van der Waals surface area contributed by atoms with Crippen LogP contribution in [0.15, 0.2) is 41.1 Å². The lowest BCUT2D eigenvalue weighted by Gasteiger charge is -2.06. The van der Waals surface area contributed by atoms with Gasteiger partial charge in [-0.1, -0.05) is 12.1 Å². The average molecular weight is 302 g/mol. The third-order valence-electron chi connectivity index (χ3n) is 2.98. The van der Waals surface area contributed by atoms with Crippen molar-refractivity contribution in [2.45, 2.75) is 26.3 Å². The van der Waals surface area contributed by atoms with E-state index in [1.54, 1.807) is 11.3 Å². The Hall–Kier alpha value is -2.14. The first-order valence-corrected chi connectivity index (χ1v) is 7.72. The number of aryl methyl sites for hydroxylation is 1. The molecular formula is C16H18N2O2S. The summed E-state index contributed by atoms with van der Waals surface area (Å²) in [6, 6.07) is 9.48. The molecule has 4 nitrogen and oxygen atoms in total. The van der Waals surface area contributed by atoms with Gasteiger partial charge in [0.25, 0.3) is 0 Å². The molecule has 0 atom stereocenters. The van der Waals surface area contributed by atoms with Crippen LogP contribution in [0.25, 0.3) is 0 Å². The van der Waals surface area contributed by atoms with Crippen LogP contribution in [0.3, 0.4) is 0 Å². The van der Waals surface area contributed by atoms with Crippen LogP contribution < -0.4 is 10.6 Å². The summed E-state index contributed by atoms with van der Waals surface area (Å²) in [6.07, 6.45) is 1.28. The zero-order valence-corrected chi connectivity index (χ0v) is 12.7. The molecule has 2 N–H and O–H groups in total. The van der Waals surface area contributed by atoms with Gasteiger partial charge < -0.3 is 10.6 Å². The van der Waals surface area contributed by atoms with Gasteiger partial charge in [0, 0.05) is 25.6 Å². The van der Waals surface area contributed by atoms with E-state index in [1.807, 2.05) is 35.7 Å². The Morgan fingerprint density at radius 1 is 1.10 bits per heavy atom. The first-order valence-electron chi connectivity index (χ1n) is 6.78. The minimum atomic E-state index is -0.0931. The van der Waals surface area contributed by atoms with Crippen molar-refractivity contribution in [3.05, 3.63) is 52.2 Å². The second-order valence-electron chi connectivity index (χ2n) is 4.79. The molecule has 2 rings (SSSR count). The Morgan fingerprint density at radius 2 is 1.86 bits per heavy atom. The molecule has 1 heterocycles. The summed E-state index contributed by atoms with van der Waals surface area (Å²) in [5.41, 5.74) is 2.97. The van der Waals surface area contributed by atoms with Crippen LogP contribution in [0.4, 0.5) is 5.69 Å². The number of anilines is 1. The molecule has 0 fully saturated rings. The molecule has 0 aliphatic heterocycles. The van der Waals surface area contributed by atoms with Gasteiger partial charge in [-0.05, 0) is 46.5 Å². The summed E-state index contributed by atoms with van der Waals surface area (Å²) in [5.74, 6) is -0.0448. The first-order chi connectivity index (χ1) is 10.1. The molecule has 1 aromatic heterocycles. The van der Waals surface area contributed by atoms with E-state index in [4.69, 9.17) is 0 Å². The first kappa shape index (κ1) is 15.3. The topological polar surface area (TPSA) is 58.2 Å². The molecule has 2 aromatic rings. The van der Waals surface area contributed by atoms with E-state index in [0.29, 0.717) is 13.0 Å². The van der Waals surface area contributed by atoms with Gasteiger partial charge in [0.15, 0.2) is 0 Å². The molecule has 5 heteroatoms. The summed E-state index contributed by atoms with van der Waals surface area (Å²) in [4.78, 5) is 22.7. The molecule has 0 saturated heterocycles. The van der Waals surface area contributed by atoms with Crippen molar-refractivity contribution in [2.24, 2.45) is 0 Å². The molecular weight excluding hydrogens is 284 g/mol. The van der Waals surface area contributed by atoms with Crippen molar-refractivity contribution < 1.29 is 9.59 Å². The molecule has 0 aliphatic carbocycles. The van der Waals surface area contributed by atoms with E-state index in [0.717, 1.165) is 17.7 Å². The van der Waals surface area contributed by atoms with Gasteiger partial charge in [-0.2, -0.15) is 11.3 Å². The highest BCUT2D eigenvalue weighted by Gasteiger charge is 2.03. The number of hydrogen-bond acceptors (Lipinski definition) is 3. The van der Waals surface area contributed by atoms with Crippen molar-refractivity contribution in [3.8, 4) is 0 Å². The van der Waals surface area contributed by atoms with Crippen molar-refractivity contribution in [3.63, 3.8) is 0 Å². The Bertz CT molecular complexity index is 591. The molecule has 110 valence electrons. The summed E-state index contributed by atoms with van der Waals surface area (Å²) in [5, 5.41) is 9.69. The minimum Gasteiger partial charge on any atom is -0.352 e. The third kappa shape index (κ3) is 5.39. The van der Waals surface area contributed by atoms with Crippen molar-refractivity contribution in [1.82, 2.24) is 5.32 Å². The predicted octanol–water partition coefficient (Wildman–Crippen LogP) is 2.96. The van der Waals surface area contributed by atoms with E-state index >= 15 is 0 Å². The average Bonchev–Trinajstić information content (AvgIpc) is 2.97. The highest BCUT2D eigenvalue weighted by Crippen LogP contribution is 2.10. The molecule has 0 spiro atoms. The van der Waals surface area contributed by atoms with Gasteiger partial charge in [-0.25, -0.2) is 0 Å². The zero-order chi connectivity index (χ0) is 15.1. The fraction of sp³-hybridized carbons (Fsp3) is 0.250. The van der Waals surface area contributed by atoms with Gasteiger partial charge in [0.2, 0.25) is 11.8 Å². The van der Waals surface area contributed by atoms with Gasteiger partial charge in [0.1, 0.15) is 0 Å². The van der Waals surface area contributed by atoms with Gasteiger partial charge in [-0.3, -0.25) is 9.59 Å². The second-order valence-corrected chi connectivity index (χ2v) is 5.57. The Kier molecular flexibility index (Phi) is 5.51. The van der Waals surface area contributed by atoms with Crippen LogP contribution in [0, 0.1) is 0 Å². The number of nitrogens with one attached hydrogen (secondary N) is 2. The normalized spacial score (nSPS) is 10.1. The number of carbonyl (C=O) groups is 2. The number of thiophene rings is 1. The standard InChI is InChI=1S/C16H18N2O2S/c1-12(19)18-15-5-2-13(3-6-15)10-17-16(20)7-4-14-8-9-21-11-14/h2-3,5-6,8-9,11H,4,7,10H2,1H3,(H,17,20)(H,18,19). The lowest BCUT2D eigenvalue weighted by atomic mass is 10.1. The smallest absolute Gasteiger partial charge is 0.221 e. The molecule has 2 amide bonds. The van der Waals surface area contributed by atoms with E-state index in [1.165, 1.54) is 12.5 Å². The van der Waals surface area contributed by atoms with Crippen LogP contribution in [-0.4, -0.2) is 11.8 Å². The number of benzene rings is 1. The minimum absolute atomic E-state index is 0.0483. The largest absolute Gasteiger partial charge is 0.352 e. The summed E-state index contributed by atoms with van der Waals surface area (Å²) in [7, 11) is 0. The zero-order valence-electron chi connectivity index (χ0n) is 11.9. The maximum atomic E-state index is 11.8. The maximum Gasteiger partial charge on any atom is 0.221 e. The number of amides is 2. The maximum absolute atomic E-state index is 11.8. The molecule has 0 saturated carbocycles. The summed E-state index contributed by atoms with van der Waals surface area (Å²) < 4.78 is 0. The van der Waals surface area contributed by atoms with Crippen molar-refractivity contribution in [2.75, 3.05) is 5.32 Å². The van der Waals surface area contributed by atoms with Gasteiger partial charge in [0.05, 0.1) is 0 Å². The van der Waals surface area contributed by atoms with Crippen molar-refractivity contribution in [1.29, 1.82) is 0 Å². The molecule has 21 heavy (non-hydrogen) atoms. The summed E-state index contributed by atoms with van der Waals surface area (Å²) >= 11 is 1.65. The Labute approximate surface area is 128 Å². The van der Waals surface area contributed by atoms with Gasteiger partial charge in [-0.15, -0.1) is 0 Å². The van der Waals surface area contributed by atoms with Crippen LogP contribution in [0.2, 0.25) is 0 Å².